The molecular weight excluding hydrogens is 468 g/mol. The molecule has 2 amide bonds. The van der Waals surface area contributed by atoms with Gasteiger partial charge in [-0.25, -0.2) is 0 Å². The topological polar surface area (TPSA) is 104 Å². The largest absolute Gasteiger partial charge is 0.459 e. The van der Waals surface area contributed by atoms with Crippen molar-refractivity contribution in [2.75, 3.05) is 19.6 Å². The Hall–Kier alpha value is -3.68. The minimum absolute atomic E-state index is 0.0262. The highest BCUT2D eigenvalue weighted by molar-refractivity contribution is 5.95. The lowest BCUT2D eigenvalue weighted by atomic mass is 9.86. The molecule has 2 aliphatic rings. The van der Waals surface area contributed by atoms with Crippen LogP contribution in [0.2, 0.25) is 0 Å². The minimum Gasteiger partial charge on any atom is -0.459 e. The van der Waals surface area contributed by atoms with Crippen LogP contribution in [0.1, 0.15) is 66.3 Å². The van der Waals surface area contributed by atoms with E-state index in [0.29, 0.717) is 25.2 Å². The van der Waals surface area contributed by atoms with Gasteiger partial charge in [-0.3, -0.25) is 19.4 Å². The van der Waals surface area contributed by atoms with Crippen molar-refractivity contribution in [2.45, 2.75) is 58.0 Å². The van der Waals surface area contributed by atoms with E-state index in [9.17, 15) is 14.4 Å². The lowest BCUT2D eigenvalue weighted by molar-refractivity contribution is -0.149. The van der Waals surface area contributed by atoms with Crippen molar-refractivity contribution in [3.05, 3.63) is 65.1 Å². The summed E-state index contributed by atoms with van der Waals surface area (Å²) in [4.78, 5) is 48.0. The third-order valence-electron chi connectivity index (χ3n) is 7.74. The van der Waals surface area contributed by atoms with E-state index in [1.807, 2.05) is 48.4 Å². The third-order valence-corrected chi connectivity index (χ3v) is 7.74. The SMILES string of the molecule is Cc1ccc(C(=O)NCCc2c[nH]c3ccccc23)c(C2CCN(C(=O)C3CC(=O)OC3(C)C)CC2)n1. The molecule has 1 unspecified atom stereocenters. The molecule has 1 aromatic carbocycles. The Morgan fingerprint density at radius 1 is 1.16 bits per heavy atom. The number of para-hydroxylation sites is 1. The Labute approximate surface area is 216 Å². The van der Waals surface area contributed by atoms with Crippen molar-refractivity contribution in [2.24, 2.45) is 5.92 Å². The summed E-state index contributed by atoms with van der Waals surface area (Å²) in [5.74, 6) is -0.826. The van der Waals surface area contributed by atoms with Gasteiger partial charge in [-0.1, -0.05) is 18.2 Å². The lowest BCUT2D eigenvalue weighted by Crippen LogP contribution is -2.46. The Morgan fingerprint density at radius 2 is 1.92 bits per heavy atom. The van der Waals surface area contributed by atoms with Gasteiger partial charge < -0.3 is 19.9 Å². The normalized spacial score (nSPS) is 19.7. The summed E-state index contributed by atoms with van der Waals surface area (Å²) in [7, 11) is 0. The summed E-state index contributed by atoms with van der Waals surface area (Å²) in [5, 5.41) is 4.25. The second-order valence-electron chi connectivity index (χ2n) is 10.7. The number of pyridine rings is 1. The van der Waals surface area contributed by atoms with E-state index < -0.39 is 11.5 Å². The molecule has 2 aliphatic heterocycles. The predicted octanol–water partition coefficient (Wildman–Crippen LogP) is 3.89. The maximum absolute atomic E-state index is 13.2. The number of likely N-dealkylation sites (tertiary alicyclic amines) is 1. The summed E-state index contributed by atoms with van der Waals surface area (Å²) in [6, 6.07) is 11.9. The van der Waals surface area contributed by atoms with E-state index in [-0.39, 0.29) is 30.1 Å². The molecule has 0 aliphatic carbocycles. The van der Waals surface area contributed by atoms with E-state index in [4.69, 9.17) is 9.72 Å². The first-order valence-electron chi connectivity index (χ1n) is 13.0. The van der Waals surface area contributed by atoms with Crippen LogP contribution in [0.25, 0.3) is 10.9 Å². The molecule has 0 radical (unpaired) electrons. The van der Waals surface area contributed by atoms with Gasteiger partial charge in [0.2, 0.25) is 5.91 Å². The summed E-state index contributed by atoms with van der Waals surface area (Å²) in [5.41, 5.74) is 3.76. The van der Waals surface area contributed by atoms with Gasteiger partial charge in [-0.15, -0.1) is 0 Å². The molecule has 4 heterocycles. The standard InChI is InChI=1S/C29H34N4O4/c1-18-8-9-22(27(35)30-13-10-20-17-31-24-7-5-4-6-21(20)24)26(32-18)19-11-14-33(15-12-19)28(36)23-16-25(34)37-29(23,2)3/h4-9,17,19,23,31H,10-16H2,1-3H3,(H,30,35). The van der Waals surface area contributed by atoms with E-state index >= 15 is 0 Å². The number of aryl methyl sites for hydroxylation is 1. The zero-order chi connectivity index (χ0) is 26.2. The molecule has 0 bridgehead atoms. The summed E-state index contributed by atoms with van der Waals surface area (Å²) >= 11 is 0. The number of aromatic amines is 1. The molecule has 2 N–H and O–H groups in total. The molecule has 0 spiro atoms. The fourth-order valence-electron chi connectivity index (χ4n) is 5.62. The van der Waals surface area contributed by atoms with Crippen molar-refractivity contribution < 1.29 is 19.1 Å². The van der Waals surface area contributed by atoms with Gasteiger partial charge in [0.15, 0.2) is 0 Å². The average Bonchev–Trinajstić information content (AvgIpc) is 3.42. The second kappa shape index (κ2) is 10.00. The first-order valence-corrected chi connectivity index (χ1v) is 13.0. The number of carbonyl (C=O) groups is 3. The fourth-order valence-corrected chi connectivity index (χ4v) is 5.62. The van der Waals surface area contributed by atoms with Gasteiger partial charge in [0.1, 0.15) is 5.60 Å². The molecule has 0 saturated carbocycles. The number of carbonyl (C=O) groups excluding carboxylic acids is 3. The van der Waals surface area contributed by atoms with Gasteiger partial charge >= 0.3 is 5.97 Å². The number of amides is 2. The molecule has 8 nitrogen and oxygen atoms in total. The maximum Gasteiger partial charge on any atom is 0.307 e. The van der Waals surface area contributed by atoms with Gasteiger partial charge in [0.05, 0.1) is 23.6 Å². The van der Waals surface area contributed by atoms with Gasteiger partial charge in [0, 0.05) is 48.3 Å². The van der Waals surface area contributed by atoms with Crippen molar-refractivity contribution in [3.8, 4) is 0 Å². The number of hydrogen-bond acceptors (Lipinski definition) is 5. The molecule has 1 atom stereocenters. The second-order valence-corrected chi connectivity index (χ2v) is 10.7. The third kappa shape index (κ3) is 5.10. The number of rotatable bonds is 6. The number of ether oxygens (including phenoxy) is 1. The quantitative estimate of drug-likeness (QED) is 0.498. The van der Waals surface area contributed by atoms with E-state index in [2.05, 4.69) is 16.4 Å². The van der Waals surface area contributed by atoms with Crippen LogP contribution in [0.3, 0.4) is 0 Å². The summed E-state index contributed by atoms with van der Waals surface area (Å²) in [6.45, 7) is 7.20. The van der Waals surface area contributed by atoms with Crippen LogP contribution in [-0.4, -0.2) is 57.9 Å². The fraction of sp³-hybridized carbons (Fsp3) is 0.448. The number of H-pyrrole nitrogens is 1. The number of nitrogens with zero attached hydrogens (tertiary/aromatic N) is 2. The number of hydrogen-bond donors (Lipinski definition) is 2. The Bertz CT molecular complexity index is 1340. The van der Waals surface area contributed by atoms with Crippen LogP contribution < -0.4 is 5.32 Å². The highest BCUT2D eigenvalue weighted by Gasteiger charge is 2.48. The molecule has 2 fully saturated rings. The molecule has 2 aromatic heterocycles. The number of cyclic esters (lactones) is 1. The van der Waals surface area contributed by atoms with Gasteiger partial charge in [-0.05, 0) is 63.8 Å². The van der Waals surface area contributed by atoms with Gasteiger partial charge in [-0.2, -0.15) is 0 Å². The number of nitrogens with one attached hydrogen (secondary N) is 2. The first-order chi connectivity index (χ1) is 17.7. The maximum atomic E-state index is 13.2. The van der Waals surface area contributed by atoms with E-state index in [0.717, 1.165) is 36.2 Å². The summed E-state index contributed by atoms with van der Waals surface area (Å²) in [6.07, 6.45) is 4.31. The van der Waals surface area contributed by atoms with Crippen molar-refractivity contribution in [1.82, 2.24) is 20.2 Å². The molecule has 8 heteroatoms. The Balaban J connectivity index is 1.22. The average molecular weight is 503 g/mol. The number of piperidine rings is 1. The molecular formula is C29H34N4O4. The number of aromatic nitrogens is 2. The number of esters is 1. The van der Waals surface area contributed by atoms with Crippen LogP contribution in [0, 0.1) is 12.8 Å². The highest BCUT2D eigenvalue weighted by Crippen LogP contribution is 2.36. The van der Waals surface area contributed by atoms with Crippen LogP contribution in [0.5, 0.6) is 0 Å². The lowest BCUT2D eigenvalue weighted by Gasteiger charge is -2.35. The highest BCUT2D eigenvalue weighted by atomic mass is 16.6. The minimum atomic E-state index is -0.777. The van der Waals surface area contributed by atoms with Crippen LogP contribution in [0.4, 0.5) is 0 Å². The van der Waals surface area contributed by atoms with E-state index in [1.165, 1.54) is 10.9 Å². The first kappa shape index (κ1) is 25.0. The number of fused-ring (bicyclic) bond motifs is 1. The number of benzene rings is 1. The van der Waals surface area contributed by atoms with Crippen LogP contribution >= 0.6 is 0 Å². The molecule has 37 heavy (non-hydrogen) atoms. The zero-order valence-corrected chi connectivity index (χ0v) is 21.7. The predicted molar refractivity (Wildman–Crippen MR) is 140 cm³/mol. The zero-order valence-electron chi connectivity index (χ0n) is 21.7. The molecule has 2 saturated heterocycles. The molecule has 5 rings (SSSR count). The Kier molecular flexibility index (Phi) is 6.75. The monoisotopic (exact) mass is 502 g/mol. The van der Waals surface area contributed by atoms with Crippen LogP contribution in [-0.2, 0) is 20.7 Å². The van der Waals surface area contributed by atoms with Crippen molar-refractivity contribution in [3.63, 3.8) is 0 Å². The van der Waals surface area contributed by atoms with Crippen molar-refractivity contribution >= 4 is 28.7 Å². The van der Waals surface area contributed by atoms with E-state index in [1.54, 1.807) is 13.8 Å². The molecule has 194 valence electrons. The van der Waals surface area contributed by atoms with Crippen LogP contribution in [0.15, 0.2) is 42.6 Å². The molecule has 3 aromatic rings. The van der Waals surface area contributed by atoms with Crippen molar-refractivity contribution in [1.29, 1.82) is 0 Å². The summed E-state index contributed by atoms with van der Waals surface area (Å²) < 4.78 is 5.35. The Morgan fingerprint density at radius 3 is 2.65 bits per heavy atom. The smallest absolute Gasteiger partial charge is 0.307 e. The van der Waals surface area contributed by atoms with Gasteiger partial charge in [0.25, 0.3) is 5.91 Å².